The number of carboxylic acid groups (broad SMARTS) is 1. The first-order chi connectivity index (χ1) is 10.9. The predicted octanol–water partition coefficient (Wildman–Crippen LogP) is 1.45. The van der Waals surface area contributed by atoms with Gasteiger partial charge >= 0.3 is 5.97 Å². The quantitative estimate of drug-likeness (QED) is 0.380. The van der Waals surface area contributed by atoms with Gasteiger partial charge in [-0.1, -0.05) is 0 Å². The molecular formula is C12H20N4O6S2. The van der Waals surface area contributed by atoms with Crippen molar-refractivity contribution < 1.29 is 19.5 Å². The van der Waals surface area contributed by atoms with Gasteiger partial charge in [-0.25, -0.2) is 4.79 Å². The van der Waals surface area contributed by atoms with E-state index in [2.05, 4.69) is 19.8 Å². The van der Waals surface area contributed by atoms with Gasteiger partial charge in [-0.2, -0.15) is 0 Å². The number of carboxylic acids is 1. The lowest BCUT2D eigenvalue weighted by molar-refractivity contribution is -0.143. The van der Waals surface area contributed by atoms with Crippen molar-refractivity contribution in [1.82, 2.24) is 10.6 Å². The van der Waals surface area contributed by atoms with Crippen LogP contribution in [0.4, 0.5) is 0 Å². The van der Waals surface area contributed by atoms with E-state index in [1.165, 1.54) is 34.6 Å². The number of carbonyl (C=O) groups is 3. The number of nitrogens with one attached hydrogen (secondary N) is 2. The van der Waals surface area contributed by atoms with Crippen LogP contribution in [0.1, 0.15) is 34.6 Å². The molecule has 2 amide bonds. The summed E-state index contributed by atoms with van der Waals surface area (Å²) in [6.45, 7) is 7.04. The zero-order chi connectivity index (χ0) is 19.1. The third-order valence-corrected chi connectivity index (χ3v) is 4.64. The number of amides is 2. The topological polar surface area (TPSA) is 154 Å². The summed E-state index contributed by atoms with van der Waals surface area (Å²) in [5.74, 6) is -2.73. The fraction of sp³-hybridized carbons (Fsp3) is 0.750. The van der Waals surface area contributed by atoms with Crippen LogP contribution in [0.5, 0.6) is 0 Å². The number of carbonyl (C=O) groups excluding carboxylic acids is 2. The van der Waals surface area contributed by atoms with Gasteiger partial charge in [0.15, 0.2) is 0 Å². The van der Waals surface area contributed by atoms with Crippen LogP contribution >= 0.6 is 23.9 Å². The number of nitroso groups, excluding NO2 is 2. The molecule has 0 bridgehead atoms. The van der Waals surface area contributed by atoms with E-state index in [9.17, 15) is 29.3 Å². The van der Waals surface area contributed by atoms with Crippen LogP contribution in [-0.2, 0) is 14.4 Å². The molecule has 0 spiro atoms. The second-order valence-corrected chi connectivity index (χ2v) is 8.72. The second-order valence-electron chi connectivity index (χ2n) is 5.95. The Balaban J connectivity index is 5.54. The van der Waals surface area contributed by atoms with Crippen molar-refractivity contribution in [1.29, 1.82) is 0 Å². The molecule has 0 radical (unpaired) electrons. The van der Waals surface area contributed by atoms with Gasteiger partial charge in [0.1, 0.15) is 12.1 Å². The minimum Gasteiger partial charge on any atom is -0.480 e. The molecule has 2 atom stereocenters. The Morgan fingerprint density at radius 2 is 1.33 bits per heavy atom. The molecule has 0 aromatic heterocycles. The number of rotatable bonds is 10. The molecule has 3 N–H and O–H groups in total. The molecule has 0 fully saturated rings. The molecule has 0 aliphatic heterocycles. The van der Waals surface area contributed by atoms with Crippen molar-refractivity contribution >= 4 is 41.7 Å². The predicted molar refractivity (Wildman–Crippen MR) is 92.1 cm³/mol. The Kier molecular flexibility index (Phi) is 8.34. The normalized spacial score (nSPS) is 14.2. The molecule has 0 saturated carbocycles. The van der Waals surface area contributed by atoms with Gasteiger partial charge in [-0.05, 0) is 27.7 Å². The second kappa shape index (κ2) is 8.97. The van der Waals surface area contributed by atoms with Crippen molar-refractivity contribution in [3.63, 3.8) is 0 Å². The molecule has 0 heterocycles. The van der Waals surface area contributed by atoms with Gasteiger partial charge in [0.05, 0.1) is 9.49 Å². The van der Waals surface area contributed by atoms with E-state index in [-0.39, 0.29) is 0 Å². The highest BCUT2D eigenvalue weighted by Gasteiger charge is 2.43. The Morgan fingerprint density at radius 1 is 0.917 bits per heavy atom. The summed E-state index contributed by atoms with van der Waals surface area (Å²) in [7, 11) is 0. The molecule has 0 rings (SSSR count). The highest BCUT2D eigenvalue weighted by atomic mass is 32.2. The van der Waals surface area contributed by atoms with Gasteiger partial charge in [0, 0.05) is 40.0 Å². The first-order valence-corrected chi connectivity index (χ1v) is 8.25. The summed E-state index contributed by atoms with van der Waals surface area (Å²) in [6.07, 6.45) is 0. The van der Waals surface area contributed by atoms with E-state index in [0.717, 1.165) is 0 Å². The monoisotopic (exact) mass is 380 g/mol. The first kappa shape index (κ1) is 22.3. The molecule has 0 unspecified atom stereocenters. The summed E-state index contributed by atoms with van der Waals surface area (Å²) < 4.78 is 2.92. The lowest BCUT2D eigenvalue weighted by Gasteiger charge is -2.34. The zero-order valence-electron chi connectivity index (χ0n) is 13.9. The SMILES string of the molecule is CC(=O)N[C@H](C(=O)N[C@H](C(=O)O)C(C)(C)SN=O)C(C)(C)SN=O. The highest BCUT2D eigenvalue weighted by Crippen LogP contribution is 2.31. The van der Waals surface area contributed by atoms with Crippen LogP contribution in [0.3, 0.4) is 0 Å². The molecule has 0 aromatic rings. The van der Waals surface area contributed by atoms with E-state index in [4.69, 9.17) is 0 Å². The third kappa shape index (κ3) is 6.43. The summed E-state index contributed by atoms with van der Waals surface area (Å²) in [6, 6.07) is -2.67. The third-order valence-electron chi connectivity index (χ3n) is 3.08. The van der Waals surface area contributed by atoms with Crippen LogP contribution < -0.4 is 10.6 Å². The molecule has 0 aliphatic carbocycles. The van der Waals surface area contributed by atoms with Crippen LogP contribution in [0.2, 0.25) is 0 Å². The largest absolute Gasteiger partial charge is 0.480 e. The number of aliphatic carboxylic acids is 1. The molecule has 0 aromatic carbocycles. The molecule has 136 valence electrons. The number of nitrogens with zero attached hydrogens (tertiary/aromatic N) is 2. The Morgan fingerprint density at radius 3 is 1.67 bits per heavy atom. The standard InChI is InChI=1S/C12H20N4O6S2/c1-6(17)13-7(11(2,3)23-15-21)9(18)14-8(10(19)20)12(4,5)24-16-22/h7-8H,1-5H3,(H,13,17)(H,14,18)(H,19,20)/t7-,8-/m1/s1. The van der Waals surface area contributed by atoms with Crippen LogP contribution in [-0.4, -0.2) is 44.5 Å². The number of hydrogen-bond acceptors (Lipinski definition) is 9. The molecule has 10 nitrogen and oxygen atoms in total. The van der Waals surface area contributed by atoms with Crippen molar-refractivity contribution in [3.8, 4) is 0 Å². The van der Waals surface area contributed by atoms with E-state index < -0.39 is 39.4 Å². The van der Waals surface area contributed by atoms with E-state index in [1.807, 2.05) is 0 Å². The number of hydrogen-bond donors (Lipinski definition) is 3. The summed E-state index contributed by atoms with van der Waals surface area (Å²) in [5.41, 5.74) is 0. The van der Waals surface area contributed by atoms with E-state index in [0.29, 0.717) is 23.9 Å². The Hall–Kier alpha value is -1.69. The van der Waals surface area contributed by atoms with Crippen molar-refractivity contribution in [2.24, 2.45) is 9.16 Å². The maximum Gasteiger partial charge on any atom is 0.327 e. The van der Waals surface area contributed by atoms with Crippen molar-refractivity contribution in [2.75, 3.05) is 0 Å². The van der Waals surface area contributed by atoms with Gasteiger partial charge in [0.2, 0.25) is 11.8 Å². The average Bonchev–Trinajstić information content (AvgIpc) is 2.40. The smallest absolute Gasteiger partial charge is 0.327 e. The lowest BCUT2D eigenvalue weighted by atomic mass is 9.99. The van der Waals surface area contributed by atoms with Crippen molar-refractivity contribution in [2.45, 2.75) is 56.2 Å². The summed E-state index contributed by atoms with van der Waals surface area (Å²) in [5, 5.41) is 14.0. The molecule has 0 saturated heterocycles. The van der Waals surface area contributed by atoms with Gasteiger partial charge in [0.25, 0.3) is 0 Å². The highest BCUT2D eigenvalue weighted by molar-refractivity contribution is 7.99. The van der Waals surface area contributed by atoms with Crippen LogP contribution in [0.25, 0.3) is 0 Å². The lowest BCUT2D eigenvalue weighted by Crippen LogP contribution is -2.61. The summed E-state index contributed by atoms with van der Waals surface area (Å²) in [4.78, 5) is 56.3. The van der Waals surface area contributed by atoms with Crippen LogP contribution in [0, 0.1) is 9.81 Å². The maximum atomic E-state index is 12.5. The Bertz CT molecular complexity index is 526. The van der Waals surface area contributed by atoms with Gasteiger partial charge < -0.3 is 15.7 Å². The van der Waals surface area contributed by atoms with Gasteiger partial charge in [-0.15, -0.1) is 9.81 Å². The van der Waals surface area contributed by atoms with Gasteiger partial charge in [-0.3, -0.25) is 9.59 Å². The average molecular weight is 380 g/mol. The van der Waals surface area contributed by atoms with E-state index >= 15 is 0 Å². The summed E-state index contributed by atoms with van der Waals surface area (Å²) >= 11 is 1.01. The first-order valence-electron chi connectivity index (χ1n) is 6.71. The minimum absolute atomic E-state index is 0.468. The molecule has 12 heteroatoms. The fourth-order valence-electron chi connectivity index (χ4n) is 1.81. The molecule has 0 aliphatic rings. The maximum absolute atomic E-state index is 12.5. The Labute approximate surface area is 147 Å². The fourth-order valence-corrected chi connectivity index (χ4v) is 2.74. The van der Waals surface area contributed by atoms with Crippen LogP contribution in [0.15, 0.2) is 9.16 Å². The van der Waals surface area contributed by atoms with E-state index in [1.54, 1.807) is 0 Å². The minimum atomic E-state index is -1.45. The molecule has 24 heavy (non-hydrogen) atoms. The van der Waals surface area contributed by atoms with Crippen molar-refractivity contribution in [3.05, 3.63) is 9.81 Å². The molecular weight excluding hydrogens is 360 g/mol. The zero-order valence-corrected chi connectivity index (χ0v) is 15.5.